The Labute approximate surface area is 194 Å². The molecule has 5 rings (SSSR count). The standard InChI is InChI=1S/C28H31NO4/c1-18-7-9-20(10-8-18)13-16-29-27(31)26-19(2)24-22(32-26)11-12-23-25(24)21(30)17-28(33-23)14-5-3-4-6-15-28/h7-12H,3-6,13-17H2,1-2H3,(H,29,31). The van der Waals surface area contributed by atoms with Gasteiger partial charge in [0.1, 0.15) is 16.9 Å². The second kappa shape index (κ2) is 8.69. The van der Waals surface area contributed by atoms with E-state index in [-0.39, 0.29) is 23.1 Å². The molecule has 3 aromatic rings. The summed E-state index contributed by atoms with van der Waals surface area (Å²) in [5.41, 5.74) is 3.84. The molecule has 0 radical (unpaired) electrons. The summed E-state index contributed by atoms with van der Waals surface area (Å²) in [4.78, 5) is 26.2. The second-order valence-corrected chi connectivity index (χ2v) is 9.66. The number of amides is 1. The molecule has 0 saturated heterocycles. The molecule has 2 heterocycles. The highest BCUT2D eigenvalue weighted by Crippen LogP contribution is 2.44. The number of ketones is 1. The van der Waals surface area contributed by atoms with E-state index in [2.05, 4.69) is 36.5 Å². The molecule has 0 atom stereocenters. The van der Waals surface area contributed by atoms with E-state index in [1.165, 1.54) is 24.0 Å². The van der Waals surface area contributed by atoms with Crippen LogP contribution in [0.15, 0.2) is 40.8 Å². The van der Waals surface area contributed by atoms with Crippen molar-refractivity contribution in [2.24, 2.45) is 0 Å². The summed E-state index contributed by atoms with van der Waals surface area (Å²) in [6.45, 7) is 4.42. The predicted molar refractivity (Wildman–Crippen MR) is 128 cm³/mol. The number of furan rings is 1. The number of carbonyl (C=O) groups is 2. The van der Waals surface area contributed by atoms with Crippen LogP contribution in [0.5, 0.6) is 5.75 Å². The highest BCUT2D eigenvalue weighted by atomic mass is 16.5. The van der Waals surface area contributed by atoms with Gasteiger partial charge in [0.25, 0.3) is 5.91 Å². The smallest absolute Gasteiger partial charge is 0.287 e. The summed E-state index contributed by atoms with van der Waals surface area (Å²) in [5, 5.41) is 3.67. The lowest BCUT2D eigenvalue weighted by Gasteiger charge is -2.37. The predicted octanol–water partition coefficient (Wildman–Crippen LogP) is 6.08. The number of benzene rings is 2. The molecule has 1 spiro atoms. The van der Waals surface area contributed by atoms with Gasteiger partial charge in [-0.25, -0.2) is 0 Å². The van der Waals surface area contributed by atoms with E-state index in [1.54, 1.807) is 0 Å². The minimum Gasteiger partial charge on any atom is -0.486 e. The van der Waals surface area contributed by atoms with E-state index in [4.69, 9.17) is 9.15 Å². The molecule has 5 heteroatoms. The van der Waals surface area contributed by atoms with Gasteiger partial charge in [-0.15, -0.1) is 0 Å². The lowest BCUT2D eigenvalue weighted by molar-refractivity contribution is 0.0301. The average molecular weight is 446 g/mol. The highest BCUT2D eigenvalue weighted by Gasteiger charge is 2.42. The number of aryl methyl sites for hydroxylation is 2. The average Bonchev–Trinajstić information content (AvgIpc) is 2.97. The van der Waals surface area contributed by atoms with Crippen molar-refractivity contribution in [3.8, 4) is 5.75 Å². The Morgan fingerprint density at radius 2 is 1.73 bits per heavy atom. The first-order valence-electron chi connectivity index (χ1n) is 12.1. The van der Waals surface area contributed by atoms with Crippen molar-refractivity contribution in [2.75, 3.05) is 6.54 Å². The maximum absolute atomic E-state index is 13.3. The number of carbonyl (C=O) groups excluding carboxylic acids is 2. The van der Waals surface area contributed by atoms with Crippen LogP contribution in [-0.4, -0.2) is 23.8 Å². The Bertz CT molecular complexity index is 1200. The number of fused-ring (bicyclic) bond motifs is 3. The Hall–Kier alpha value is -3.08. The van der Waals surface area contributed by atoms with E-state index in [1.807, 2.05) is 19.1 Å². The first-order valence-corrected chi connectivity index (χ1v) is 12.1. The van der Waals surface area contributed by atoms with Gasteiger partial charge in [-0.3, -0.25) is 9.59 Å². The molecule has 0 unspecified atom stereocenters. The van der Waals surface area contributed by atoms with Crippen LogP contribution < -0.4 is 10.1 Å². The van der Waals surface area contributed by atoms with E-state index < -0.39 is 0 Å². The Morgan fingerprint density at radius 1 is 1.00 bits per heavy atom. The minimum atomic E-state index is -0.373. The quantitative estimate of drug-likeness (QED) is 0.528. The van der Waals surface area contributed by atoms with Gasteiger partial charge in [0.05, 0.1) is 12.0 Å². The summed E-state index contributed by atoms with van der Waals surface area (Å²) in [6, 6.07) is 12.0. The van der Waals surface area contributed by atoms with E-state index in [0.717, 1.165) is 32.1 Å². The molecular weight excluding hydrogens is 414 g/mol. The van der Waals surface area contributed by atoms with Crippen LogP contribution in [-0.2, 0) is 6.42 Å². The van der Waals surface area contributed by atoms with Crippen LogP contribution in [0, 0.1) is 13.8 Å². The van der Waals surface area contributed by atoms with E-state index >= 15 is 0 Å². The van der Waals surface area contributed by atoms with Gasteiger partial charge in [-0.05, 0) is 63.6 Å². The zero-order chi connectivity index (χ0) is 23.0. The van der Waals surface area contributed by atoms with Gasteiger partial charge in [0.2, 0.25) is 0 Å². The second-order valence-electron chi connectivity index (χ2n) is 9.66. The number of Topliss-reactive ketones (excluding diaryl/α,β-unsaturated/α-hetero) is 1. The third kappa shape index (κ3) is 4.17. The molecule has 5 nitrogen and oxygen atoms in total. The highest BCUT2D eigenvalue weighted by molar-refractivity contribution is 6.13. The first-order chi connectivity index (χ1) is 16.0. The van der Waals surface area contributed by atoms with Gasteiger partial charge in [-0.2, -0.15) is 0 Å². The zero-order valence-corrected chi connectivity index (χ0v) is 19.5. The summed E-state index contributed by atoms with van der Waals surface area (Å²) in [7, 11) is 0. The Balaban J connectivity index is 1.38. The maximum atomic E-state index is 13.3. The van der Waals surface area contributed by atoms with Gasteiger partial charge in [0.15, 0.2) is 11.5 Å². The number of hydrogen-bond donors (Lipinski definition) is 1. The van der Waals surface area contributed by atoms with Crippen LogP contribution >= 0.6 is 0 Å². The third-order valence-electron chi connectivity index (χ3n) is 7.19. The van der Waals surface area contributed by atoms with Crippen LogP contribution in [0.25, 0.3) is 11.0 Å². The van der Waals surface area contributed by atoms with Gasteiger partial charge >= 0.3 is 0 Å². The summed E-state index contributed by atoms with van der Waals surface area (Å²) in [6.07, 6.45) is 7.61. The molecule has 1 aliphatic carbocycles. The maximum Gasteiger partial charge on any atom is 0.287 e. The topological polar surface area (TPSA) is 68.5 Å². The lowest BCUT2D eigenvalue weighted by Crippen LogP contribution is -2.41. The lowest BCUT2D eigenvalue weighted by atomic mass is 9.83. The van der Waals surface area contributed by atoms with E-state index in [9.17, 15) is 9.59 Å². The van der Waals surface area contributed by atoms with E-state index in [0.29, 0.717) is 40.8 Å². The summed E-state index contributed by atoms with van der Waals surface area (Å²) >= 11 is 0. The largest absolute Gasteiger partial charge is 0.486 e. The van der Waals surface area contributed by atoms with Crippen molar-refractivity contribution in [3.05, 3.63) is 64.4 Å². The molecule has 0 bridgehead atoms. The molecule has 2 aliphatic rings. The number of nitrogens with one attached hydrogen (secondary N) is 1. The molecule has 172 valence electrons. The van der Waals surface area contributed by atoms with Gasteiger partial charge in [-0.1, -0.05) is 42.7 Å². The van der Waals surface area contributed by atoms with Crippen molar-refractivity contribution in [3.63, 3.8) is 0 Å². The molecule has 1 saturated carbocycles. The fraction of sp³-hybridized carbons (Fsp3) is 0.429. The molecule has 33 heavy (non-hydrogen) atoms. The number of ether oxygens (including phenoxy) is 1. The zero-order valence-electron chi connectivity index (χ0n) is 19.5. The fourth-order valence-electron chi connectivity index (χ4n) is 5.36. The van der Waals surface area contributed by atoms with Crippen LogP contribution in [0.4, 0.5) is 0 Å². The normalized spacial score (nSPS) is 17.5. The molecule has 1 aliphatic heterocycles. The minimum absolute atomic E-state index is 0.0963. The molecule has 1 fully saturated rings. The number of hydrogen-bond acceptors (Lipinski definition) is 4. The van der Waals surface area contributed by atoms with Crippen molar-refractivity contribution < 1.29 is 18.7 Å². The molecule has 1 amide bonds. The van der Waals surface area contributed by atoms with Gasteiger partial charge in [0, 0.05) is 17.5 Å². The van der Waals surface area contributed by atoms with Crippen LogP contribution in [0.3, 0.4) is 0 Å². The fourth-order valence-corrected chi connectivity index (χ4v) is 5.36. The molecule has 2 aromatic carbocycles. The third-order valence-corrected chi connectivity index (χ3v) is 7.19. The summed E-state index contributed by atoms with van der Waals surface area (Å²) < 4.78 is 12.4. The Kier molecular flexibility index (Phi) is 5.73. The molecule has 1 aromatic heterocycles. The van der Waals surface area contributed by atoms with Crippen LogP contribution in [0.2, 0.25) is 0 Å². The van der Waals surface area contributed by atoms with Crippen molar-refractivity contribution in [1.82, 2.24) is 5.32 Å². The number of rotatable bonds is 4. The molecular formula is C28H31NO4. The van der Waals surface area contributed by atoms with Crippen molar-refractivity contribution in [2.45, 2.75) is 70.8 Å². The SMILES string of the molecule is Cc1ccc(CCNC(=O)c2oc3ccc4c(c3c2C)C(=O)CC2(CCCCCC2)O4)cc1. The first kappa shape index (κ1) is 21.7. The van der Waals surface area contributed by atoms with Crippen molar-refractivity contribution >= 4 is 22.7 Å². The van der Waals surface area contributed by atoms with Crippen molar-refractivity contribution in [1.29, 1.82) is 0 Å². The Morgan fingerprint density at radius 3 is 2.45 bits per heavy atom. The van der Waals surface area contributed by atoms with Gasteiger partial charge < -0.3 is 14.5 Å². The van der Waals surface area contributed by atoms with Crippen LogP contribution in [0.1, 0.15) is 82.5 Å². The monoisotopic (exact) mass is 445 g/mol. The molecule has 1 N–H and O–H groups in total. The summed E-state index contributed by atoms with van der Waals surface area (Å²) in [5.74, 6) is 0.744.